The Bertz CT molecular complexity index is 242. The lowest BCUT2D eigenvalue weighted by molar-refractivity contribution is -0.126. The molecule has 100 valence electrons. The van der Waals surface area contributed by atoms with Gasteiger partial charge in [0, 0.05) is 20.1 Å². The molecule has 0 aromatic rings. The highest BCUT2D eigenvalue weighted by molar-refractivity contribution is 5.87. The highest BCUT2D eigenvalue weighted by Gasteiger charge is 2.17. The molecular weight excluding hydrogens is 220 g/mol. The monoisotopic (exact) mass is 244 g/mol. The van der Waals surface area contributed by atoms with Crippen molar-refractivity contribution in [2.24, 2.45) is 5.73 Å². The number of likely N-dealkylation sites (N-methyl/N-ethyl adjacent to an activating group) is 1. The fraction of sp³-hybridized carbons (Fsp3) is 0.818. The largest absolute Gasteiger partial charge is 0.368 e. The lowest BCUT2D eigenvalue weighted by atomic mass is 10.2. The van der Waals surface area contributed by atoms with Crippen LogP contribution in [0.1, 0.15) is 20.3 Å². The third kappa shape index (κ3) is 6.91. The average molecular weight is 244 g/mol. The lowest BCUT2D eigenvalue weighted by Crippen LogP contribution is -2.46. The van der Waals surface area contributed by atoms with E-state index in [9.17, 15) is 9.59 Å². The first-order valence-corrected chi connectivity index (χ1v) is 6.00. The number of primary amides is 1. The summed E-state index contributed by atoms with van der Waals surface area (Å²) in [6.07, 6.45) is 0.0874. The van der Waals surface area contributed by atoms with Gasteiger partial charge in [-0.2, -0.15) is 0 Å². The van der Waals surface area contributed by atoms with Gasteiger partial charge in [-0.15, -0.1) is 0 Å². The van der Waals surface area contributed by atoms with Gasteiger partial charge in [0.25, 0.3) is 0 Å². The number of nitrogens with zero attached hydrogens (tertiary/aromatic N) is 1. The Morgan fingerprint density at radius 2 is 1.88 bits per heavy atom. The van der Waals surface area contributed by atoms with Crippen LogP contribution in [0, 0.1) is 0 Å². The summed E-state index contributed by atoms with van der Waals surface area (Å²) in [7, 11) is 1.54. The van der Waals surface area contributed by atoms with Crippen LogP contribution in [0.25, 0.3) is 0 Å². The lowest BCUT2D eigenvalue weighted by Gasteiger charge is -2.20. The van der Waals surface area contributed by atoms with Crippen molar-refractivity contribution in [1.82, 2.24) is 15.5 Å². The Kier molecular flexibility index (Phi) is 8.35. The molecule has 0 heterocycles. The summed E-state index contributed by atoms with van der Waals surface area (Å²) in [5.41, 5.74) is 5.23. The van der Waals surface area contributed by atoms with Gasteiger partial charge < -0.3 is 21.3 Å². The summed E-state index contributed by atoms with van der Waals surface area (Å²) < 4.78 is 0. The van der Waals surface area contributed by atoms with E-state index in [-0.39, 0.29) is 12.3 Å². The smallest absolute Gasteiger partial charge is 0.235 e. The number of nitrogens with one attached hydrogen (secondary N) is 2. The minimum atomic E-state index is -0.592. The maximum atomic E-state index is 11.2. The number of carbonyl (C=O) groups is 2. The van der Waals surface area contributed by atoms with Crippen LogP contribution in [0.3, 0.4) is 0 Å². The van der Waals surface area contributed by atoms with Crippen molar-refractivity contribution in [1.29, 1.82) is 0 Å². The van der Waals surface area contributed by atoms with Gasteiger partial charge in [0.15, 0.2) is 0 Å². The molecule has 0 spiro atoms. The van der Waals surface area contributed by atoms with Crippen LogP contribution in [0.15, 0.2) is 0 Å². The number of nitrogens with two attached hydrogens (primary N) is 1. The first-order valence-electron chi connectivity index (χ1n) is 6.00. The Morgan fingerprint density at radius 1 is 1.29 bits per heavy atom. The predicted molar refractivity (Wildman–Crippen MR) is 67.5 cm³/mol. The summed E-state index contributed by atoms with van der Waals surface area (Å²) in [5, 5.41) is 5.48. The molecule has 6 nitrogen and oxygen atoms in total. The van der Waals surface area contributed by atoms with E-state index in [1.54, 1.807) is 0 Å². The third-order valence-corrected chi connectivity index (χ3v) is 2.72. The second-order valence-corrected chi connectivity index (χ2v) is 3.81. The van der Waals surface area contributed by atoms with Crippen LogP contribution >= 0.6 is 0 Å². The predicted octanol–water partition coefficient (Wildman–Crippen LogP) is -1.09. The summed E-state index contributed by atoms with van der Waals surface area (Å²) in [4.78, 5) is 24.5. The molecule has 0 aromatic heterocycles. The molecule has 1 atom stereocenters. The molecule has 1 unspecified atom stereocenters. The minimum Gasteiger partial charge on any atom is -0.368 e. The van der Waals surface area contributed by atoms with Crippen LogP contribution in [0.5, 0.6) is 0 Å². The van der Waals surface area contributed by atoms with Crippen molar-refractivity contribution >= 4 is 11.8 Å². The second-order valence-electron chi connectivity index (χ2n) is 3.81. The summed E-state index contributed by atoms with van der Waals surface area (Å²) in [6, 6.07) is -0.592. The molecule has 4 N–H and O–H groups in total. The van der Waals surface area contributed by atoms with E-state index in [0.29, 0.717) is 6.54 Å². The molecule has 17 heavy (non-hydrogen) atoms. The summed E-state index contributed by atoms with van der Waals surface area (Å²) >= 11 is 0. The molecule has 0 aromatic carbocycles. The molecule has 6 heteroatoms. The molecule has 0 radical (unpaired) electrons. The standard InChI is InChI=1S/C11H24N4O2/c1-4-15(5-2)7-6-14-9(11(12)17)8-10(16)13-3/h9,14H,4-8H2,1-3H3,(H2,12,17)(H,13,16). The van der Waals surface area contributed by atoms with E-state index in [4.69, 9.17) is 5.73 Å². The van der Waals surface area contributed by atoms with Crippen molar-refractivity contribution < 1.29 is 9.59 Å². The van der Waals surface area contributed by atoms with E-state index < -0.39 is 11.9 Å². The maximum Gasteiger partial charge on any atom is 0.235 e. The quantitative estimate of drug-likeness (QED) is 0.481. The molecule has 0 aliphatic rings. The number of hydrogen-bond donors (Lipinski definition) is 3. The SMILES string of the molecule is CCN(CC)CCNC(CC(=O)NC)C(N)=O. The van der Waals surface area contributed by atoms with Crippen LogP contribution < -0.4 is 16.4 Å². The van der Waals surface area contributed by atoms with Crippen molar-refractivity contribution in [3.63, 3.8) is 0 Å². The van der Waals surface area contributed by atoms with Gasteiger partial charge in [-0.3, -0.25) is 9.59 Å². The fourth-order valence-corrected chi connectivity index (χ4v) is 1.50. The first-order chi connectivity index (χ1) is 8.04. The topological polar surface area (TPSA) is 87.5 Å². The normalized spacial score (nSPS) is 12.5. The van der Waals surface area contributed by atoms with E-state index in [1.807, 2.05) is 0 Å². The van der Waals surface area contributed by atoms with Gasteiger partial charge >= 0.3 is 0 Å². The van der Waals surface area contributed by atoms with Gasteiger partial charge in [-0.1, -0.05) is 13.8 Å². The van der Waals surface area contributed by atoms with Gasteiger partial charge in [-0.25, -0.2) is 0 Å². The van der Waals surface area contributed by atoms with E-state index in [1.165, 1.54) is 7.05 Å². The zero-order valence-corrected chi connectivity index (χ0v) is 11.0. The maximum absolute atomic E-state index is 11.2. The molecule has 0 saturated carbocycles. The minimum absolute atomic E-state index is 0.0874. The number of amides is 2. The number of hydrogen-bond acceptors (Lipinski definition) is 4. The van der Waals surface area contributed by atoms with E-state index in [0.717, 1.165) is 19.6 Å². The van der Waals surface area contributed by atoms with Crippen LogP contribution in [-0.4, -0.2) is 56.0 Å². The Balaban J connectivity index is 4.01. The van der Waals surface area contributed by atoms with Gasteiger partial charge in [0.2, 0.25) is 11.8 Å². The molecular formula is C11H24N4O2. The molecule has 0 saturated heterocycles. The van der Waals surface area contributed by atoms with Crippen LogP contribution in [0.4, 0.5) is 0 Å². The average Bonchev–Trinajstić information content (AvgIpc) is 2.32. The van der Waals surface area contributed by atoms with Crippen LogP contribution in [0.2, 0.25) is 0 Å². The number of rotatable bonds is 9. The van der Waals surface area contributed by atoms with Crippen molar-refractivity contribution in [3.05, 3.63) is 0 Å². The molecule has 0 fully saturated rings. The fourth-order valence-electron chi connectivity index (χ4n) is 1.50. The molecule has 0 aliphatic heterocycles. The highest BCUT2D eigenvalue weighted by Crippen LogP contribution is 1.92. The molecule has 0 bridgehead atoms. The number of carbonyl (C=O) groups excluding carboxylic acids is 2. The first kappa shape index (κ1) is 15.9. The van der Waals surface area contributed by atoms with Crippen molar-refractivity contribution in [2.75, 3.05) is 33.2 Å². The van der Waals surface area contributed by atoms with Crippen molar-refractivity contribution in [2.45, 2.75) is 26.3 Å². The zero-order valence-electron chi connectivity index (χ0n) is 11.0. The van der Waals surface area contributed by atoms with Gasteiger partial charge in [0.1, 0.15) is 0 Å². The Labute approximate surface area is 103 Å². The van der Waals surface area contributed by atoms with Crippen molar-refractivity contribution in [3.8, 4) is 0 Å². The Morgan fingerprint density at radius 3 is 2.29 bits per heavy atom. The molecule has 2 amide bonds. The van der Waals surface area contributed by atoms with Gasteiger partial charge in [0.05, 0.1) is 12.5 Å². The second kappa shape index (κ2) is 8.95. The van der Waals surface area contributed by atoms with Gasteiger partial charge in [-0.05, 0) is 13.1 Å². The van der Waals surface area contributed by atoms with E-state index in [2.05, 4.69) is 29.4 Å². The third-order valence-electron chi connectivity index (χ3n) is 2.72. The highest BCUT2D eigenvalue weighted by atomic mass is 16.2. The Hall–Kier alpha value is -1.14. The van der Waals surface area contributed by atoms with E-state index >= 15 is 0 Å². The molecule has 0 rings (SSSR count). The summed E-state index contributed by atoms with van der Waals surface area (Å²) in [5.74, 6) is -0.683. The summed E-state index contributed by atoms with van der Waals surface area (Å²) in [6.45, 7) is 7.58. The van der Waals surface area contributed by atoms with Crippen LogP contribution in [-0.2, 0) is 9.59 Å². The molecule has 0 aliphatic carbocycles. The zero-order chi connectivity index (χ0) is 13.3.